The number of amides is 1. The third-order valence-electron chi connectivity index (χ3n) is 6.87. The number of methoxy groups -OCH3 is 1. The molecule has 1 unspecified atom stereocenters. The SMILES string of the molecule is COc1cc2nnsc2cc1NC1NCNc2sc3cc(C(=O)N4CC[C@H](N(C)C)C4)ccc3c21. The fourth-order valence-corrected chi connectivity index (χ4v) is 6.66. The number of hydrogen-bond donors (Lipinski definition) is 3. The summed E-state index contributed by atoms with van der Waals surface area (Å²) in [6.07, 6.45) is 0.901. The van der Waals surface area contributed by atoms with Crippen molar-refractivity contribution in [1.29, 1.82) is 0 Å². The number of thiophene rings is 1. The number of nitrogens with zero attached hydrogens (tertiary/aromatic N) is 4. The number of rotatable bonds is 5. The second-order valence-corrected chi connectivity index (χ2v) is 11.0. The Kier molecular flexibility index (Phi) is 5.72. The van der Waals surface area contributed by atoms with Crippen LogP contribution >= 0.6 is 22.9 Å². The van der Waals surface area contributed by atoms with Crippen LogP contribution in [0.5, 0.6) is 5.75 Å². The van der Waals surface area contributed by atoms with Crippen LogP contribution in [0.15, 0.2) is 30.3 Å². The standard InChI is InChI=1S/C24H27N7O2S2/c1-30(2)14-6-7-31(11-14)24(32)13-4-5-15-19(8-13)34-23-21(15)22(25-12-26-23)27-16-10-20-17(28-29-35-20)9-18(16)33-3/h4-5,8-10,14,22,25-27H,6-7,11-12H2,1-3H3/t14-,22?/m0/s1. The van der Waals surface area contributed by atoms with Gasteiger partial charge in [0, 0.05) is 46.4 Å². The normalized spacial score (nSPS) is 19.8. The number of carbonyl (C=O) groups is 1. The van der Waals surface area contributed by atoms with E-state index in [1.807, 2.05) is 29.2 Å². The smallest absolute Gasteiger partial charge is 0.253 e. The van der Waals surface area contributed by atoms with Gasteiger partial charge in [0.15, 0.2) is 0 Å². The van der Waals surface area contributed by atoms with Gasteiger partial charge in [-0.1, -0.05) is 10.6 Å². The minimum absolute atomic E-state index is 0.111. The van der Waals surface area contributed by atoms with Gasteiger partial charge in [0.1, 0.15) is 17.4 Å². The molecule has 4 heterocycles. The van der Waals surface area contributed by atoms with Gasteiger partial charge >= 0.3 is 0 Å². The van der Waals surface area contributed by atoms with Crippen LogP contribution in [-0.4, -0.2) is 72.3 Å². The number of hydrogen-bond acceptors (Lipinski definition) is 10. The Morgan fingerprint density at radius 2 is 2.14 bits per heavy atom. The van der Waals surface area contributed by atoms with Gasteiger partial charge in [0.2, 0.25) is 0 Å². The van der Waals surface area contributed by atoms with Crippen molar-refractivity contribution >= 4 is 59.8 Å². The Hall–Kier alpha value is -2.99. The molecule has 0 bridgehead atoms. The first-order chi connectivity index (χ1) is 17.0. The van der Waals surface area contributed by atoms with E-state index in [1.54, 1.807) is 18.4 Å². The number of likely N-dealkylation sites (N-methyl/N-ethyl adjacent to an activating group) is 1. The molecule has 1 amide bonds. The lowest BCUT2D eigenvalue weighted by Crippen LogP contribution is -2.36. The molecular weight excluding hydrogens is 482 g/mol. The monoisotopic (exact) mass is 509 g/mol. The molecule has 3 N–H and O–H groups in total. The van der Waals surface area contributed by atoms with Gasteiger partial charge in [-0.15, -0.1) is 16.4 Å². The fraction of sp³-hybridized carbons (Fsp3) is 0.375. The van der Waals surface area contributed by atoms with Gasteiger partial charge in [-0.05, 0) is 50.2 Å². The summed E-state index contributed by atoms with van der Waals surface area (Å²) in [5.74, 6) is 0.834. The third kappa shape index (κ3) is 3.98. The van der Waals surface area contributed by atoms with Crippen LogP contribution in [-0.2, 0) is 0 Å². The van der Waals surface area contributed by atoms with E-state index in [1.165, 1.54) is 11.5 Å². The van der Waals surface area contributed by atoms with E-state index in [9.17, 15) is 4.79 Å². The number of fused-ring (bicyclic) bond motifs is 4. The summed E-state index contributed by atoms with van der Waals surface area (Å²) >= 11 is 3.05. The molecule has 1 fully saturated rings. The van der Waals surface area contributed by atoms with Gasteiger partial charge in [-0.25, -0.2) is 0 Å². The first kappa shape index (κ1) is 22.5. The second kappa shape index (κ2) is 8.90. The number of carbonyl (C=O) groups excluding carboxylic acids is 1. The van der Waals surface area contributed by atoms with E-state index in [2.05, 4.69) is 50.6 Å². The van der Waals surface area contributed by atoms with E-state index in [0.29, 0.717) is 12.7 Å². The molecule has 0 aliphatic carbocycles. The quantitative estimate of drug-likeness (QED) is 0.374. The van der Waals surface area contributed by atoms with Gasteiger partial charge in [0.25, 0.3) is 5.91 Å². The number of nitrogens with one attached hydrogen (secondary N) is 3. The molecule has 0 spiro atoms. The fourth-order valence-electron chi connectivity index (χ4n) is 4.90. The summed E-state index contributed by atoms with van der Waals surface area (Å²) < 4.78 is 11.8. The van der Waals surface area contributed by atoms with Crippen LogP contribution < -0.4 is 20.7 Å². The first-order valence-corrected chi connectivity index (χ1v) is 13.2. The van der Waals surface area contributed by atoms with Crippen LogP contribution in [0.4, 0.5) is 10.7 Å². The van der Waals surface area contributed by atoms with Crippen molar-refractivity contribution < 1.29 is 9.53 Å². The van der Waals surface area contributed by atoms with Crippen molar-refractivity contribution in [2.24, 2.45) is 0 Å². The molecule has 35 heavy (non-hydrogen) atoms. The summed E-state index contributed by atoms with van der Waals surface area (Å²) in [4.78, 5) is 17.4. The van der Waals surface area contributed by atoms with E-state index in [0.717, 1.165) is 67.4 Å². The maximum atomic E-state index is 13.2. The molecule has 2 atom stereocenters. The molecule has 2 aliphatic rings. The van der Waals surface area contributed by atoms with Crippen molar-refractivity contribution in [3.05, 3.63) is 41.5 Å². The molecular formula is C24H27N7O2S2. The lowest BCUT2D eigenvalue weighted by atomic mass is 10.1. The molecule has 4 aromatic rings. The van der Waals surface area contributed by atoms with Gasteiger partial charge in [-0.2, -0.15) is 0 Å². The number of aromatic nitrogens is 2. The summed E-state index contributed by atoms with van der Waals surface area (Å²) in [6, 6.07) is 10.4. The van der Waals surface area contributed by atoms with Crippen LogP contribution in [0.3, 0.4) is 0 Å². The maximum absolute atomic E-state index is 13.2. The minimum atomic E-state index is -0.117. The van der Waals surface area contributed by atoms with Crippen LogP contribution in [0.1, 0.15) is 28.5 Å². The topological polar surface area (TPSA) is 94.7 Å². The third-order valence-corrected chi connectivity index (χ3v) is 8.68. The van der Waals surface area contributed by atoms with Gasteiger partial charge in [0.05, 0.1) is 29.2 Å². The Labute approximate surface area is 211 Å². The Bertz CT molecular complexity index is 1420. The summed E-state index contributed by atoms with van der Waals surface area (Å²) in [6.45, 7) is 2.22. The maximum Gasteiger partial charge on any atom is 0.253 e. The summed E-state index contributed by atoms with van der Waals surface area (Å²) in [5, 5.41) is 17.0. The van der Waals surface area contributed by atoms with Crippen LogP contribution in [0.25, 0.3) is 20.3 Å². The van der Waals surface area contributed by atoms with Crippen molar-refractivity contribution in [1.82, 2.24) is 24.7 Å². The zero-order valence-electron chi connectivity index (χ0n) is 19.8. The highest BCUT2D eigenvalue weighted by Crippen LogP contribution is 2.43. The Morgan fingerprint density at radius 3 is 2.94 bits per heavy atom. The predicted octanol–water partition coefficient (Wildman–Crippen LogP) is 3.77. The average Bonchev–Trinajstić information content (AvgIpc) is 3.60. The summed E-state index contributed by atoms with van der Waals surface area (Å²) in [5.41, 5.74) is 3.60. The van der Waals surface area contributed by atoms with E-state index in [-0.39, 0.29) is 12.1 Å². The lowest BCUT2D eigenvalue weighted by molar-refractivity contribution is 0.0783. The van der Waals surface area contributed by atoms with Crippen molar-refractivity contribution in [3.63, 3.8) is 0 Å². The Balaban J connectivity index is 1.30. The molecule has 11 heteroatoms. The lowest BCUT2D eigenvalue weighted by Gasteiger charge is -2.28. The van der Waals surface area contributed by atoms with Gasteiger partial charge < -0.3 is 25.2 Å². The second-order valence-electron chi connectivity index (χ2n) is 9.14. The Morgan fingerprint density at radius 1 is 1.26 bits per heavy atom. The molecule has 182 valence electrons. The molecule has 9 nitrogen and oxygen atoms in total. The predicted molar refractivity (Wildman–Crippen MR) is 142 cm³/mol. The van der Waals surface area contributed by atoms with E-state index >= 15 is 0 Å². The number of likely N-dealkylation sites (tertiary alicyclic amines) is 1. The molecule has 1 saturated heterocycles. The highest BCUT2D eigenvalue weighted by Gasteiger charge is 2.30. The number of ether oxygens (including phenoxy) is 1. The average molecular weight is 510 g/mol. The van der Waals surface area contributed by atoms with Crippen molar-refractivity contribution in [3.8, 4) is 5.75 Å². The summed E-state index contributed by atoms with van der Waals surface area (Å²) in [7, 11) is 5.81. The van der Waals surface area contributed by atoms with E-state index < -0.39 is 0 Å². The first-order valence-electron chi connectivity index (χ1n) is 11.6. The van der Waals surface area contributed by atoms with Gasteiger partial charge in [-0.3, -0.25) is 10.1 Å². The largest absolute Gasteiger partial charge is 0.495 e. The van der Waals surface area contributed by atoms with Crippen LogP contribution in [0.2, 0.25) is 0 Å². The number of benzene rings is 2. The molecule has 0 radical (unpaired) electrons. The zero-order chi connectivity index (χ0) is 24.1. The molecule has 2 aliphatic heterocycles. The highest BCUT2D eigenvalue weighted by atomic mass is 32.1. The minimum Gasteiger partial charge on any atom is -0.495 e. The highest BCUT2D eigenvalue weighted by molar-refractivity contribution is 7.23. The van der Waals surface area contributed by atoms with E-state index in [4.69, 9.17) is 4.74 Å². The number of anilines is 2. The van der Waals surface area contributed by atoms with Crippen molar-refractivity contribution in [2.45, 2.75) is 18.6 Å². The molecule has 2 aromatic carbocycles. The molecule has 6 rings (SSSR count). The van der Waals surface area contributed by atoms with Crippen LogP contribution in [0, 0.1) is 0 Å². The molecule has 0 saturated carbocycles. The molecule has 2 aromatic heterocycles. The van der Waals surface area contributed by atoms with Crippen molar-refractivity contribution in [2.75, 3.05) is 51.6 Å². The zero-order valence-corrected chi connectivity index (χ0v) is 21.4.